The number of benzene rings is 2. The Hall–Kier alpha value is -3.88. The lowest BCUT2D eigenvalue weighted by Gasteiger charge is -2.08. The number of amides is 1. The highest BCUT2D eigenvalue weighted by Crippen LogP contribution is 2.13. The van der Waals surface area contributed by atoms with E-state index >= 15 is 0 Å². The molecule has 1 heterocycles. The molecule has 0 atom stereocenters. The molecule has 0 saturated heterocycles. The maximum Gasteiger partial charge on any atom is 0.419 e. The molecule has 9 heteroatoms. The summed E-state index contributed by atoms with van der Waals surface area (Å²) >= 11 is 0. The van der Waals surface area contributed by atoms with E-state index in [0.29, 0.717) is 22.4 Å². The lowest BCUT2D eigenvalue weighted by atomic mass is 10.2. The summed E-state index contributed by atoms with van der Waals surface area (Å²) in [5.74, 6) is -2.17. The lowest BCUT2D eigenvalue weighted by molar-refractivity contribution is -0.147. The number of aryl methyl sites for hydroxylation is 1. The molecule has 0 spiro atoms. The monoisotopic (exact) mass is 412 g/mol. The number of hydrogen-bond donors (Lipinski definition) is 1. The Kier molecular flexibility index (Phi) is 6.63. The van der Waals surface area contributed by atoms with Gasteiger partial charge in [-0.05, 0) is 43.3 Å². The fraction of sp³-hybridized carbons (Fsp3) is 0.238. The number of ether oxygens (including phenoxy) is 2. The van der Waals surface area contributed by atoms with Crippen molar-refractivity contribution in [2.75, 3.05) is 18.5 Å². The second-order valence-corrected chi connectivity index (χ2v) is 6.24. The number of para-hydroxylation sites is 2. The van der Waals surface area contributed by atoms with Gasteiger partial charge in [-0.1, -0.05) is 12.1 Å². The minimum Gasteiger partial charge on any atom is -0.462 e. The summed E-state index contributed by atoms with van der Waals surface area (Å²) < 4.78 is 16.3. The Labute approximate surface area is 171 Å². The van der Waals surface area contributed by atoms with Gasteiger partial charge in [0.25, 0.3) is 5.91 Å². The van der Waals surface area contributed by atoms with Crippen LogP contribution in [0.4, 0.5) is 5.69 Å². The zero-order valence-corrected chi connectivity index (χ0v) is 16.3. The van der Waals surface area contributed by atoms with Gasteiger partial charge in [0, 0.05) is 12.2 Å². The molecule has 0 unspecified atom stereocenters. The van der Waals surface area contributed by atoms with E-state index in [2.05, 4.69) is 5.32 Å². The predicted molar refractivity (Wildman–Crippen MR) is 107 cm³/mol. The average Bonchev–Trinajstić information content (AvgIpc) is 3.06. The van der Waals surface area contributed by atoms with Gasteiger partial charge in [0.2, 0.25) is 0 Å². The molecule has 0 saturated carbocycles. The van der Waals surface area contributed by atoms with Crippen molar-refractivity contribution < 1.29 is 28.3 Å². The highest BCUT2D eigenvalue weighted by molar-refractivity contribution is 5.94. The van der Waals surface area contributed by atoms with E-state index in [1.54, 1.807) is 43.3 Å². The fourth-order valence-corrected chi connectivity index (χ4v) is 2.75. The van der Waals surface area contributed by atoms with Crippen molar-refractivity contribution in [3.63, 3.8) is 0 Å². The quantitative estimate of drug-likeness (QED) is 0.564. The minimum absolute atomic E-state index is 0.0750. The van der Waals surface area contributed by atoms with Crippen LogP contribution >= 0.6 is 0 Å². The number of anilines is 1. The first-order valence-corrected chi connectivity index (χ1v) is 9.29. The van der Waals surface area contributed by atoms with Gasteiger partial charge < -0.3 is 19.2 Å². The third kappa shape index (κ3) is 5.13. The Bertz CT molecular complexity index is 1110. The van der Waals surface area contributed by atoms with Gasteiger partial charge in [-0.25, -0.2) is 9.59 Å². The van der Waals surface area contributed by atoms with E-state index in [9.17, 15) is 19.2 Å². The average molecular weight is 412 g/mol. The second kappa shape index (κ2) is 9.55. The molecular formula is C21H20N2O7. The number of carbonyl (C=O) groups is 3. The summed E-state index contributed by atoms with van der Waals surface area (Å²) in [6.07, 6.45) is -0.0923. The predicted octanol–water partition coefficient (Wildman–Crippen LogP) is 2.34. The summed E-state index contributed by atoms with van der Waals surface area (Å²) in [5.41, 5.74) is 1.83. The van der Waals surface area contributed by atoms with Gasteiger partial charge in [-0.3, -0.25) is 14.2 Å². The molecule has 1 aromatic heterocycles. The van der Waals surface area contributed by atoms with Gasteiger partial charge in [-0.15, -0.1) is 0 Å². The van der Waals surface area contributed by atoms with Crippen LogP contribution < -0.4 is 11.1 Å². The smallest absolute Gasteiger partial charge is 0.419 e. The topological polar surface area (TPSA) is 117 Å². The molecule has 0 aliphatic heterocycles. The molecule has 0 aliphatic carbocycles. The zero-order valence-electron chi connectivity index (χ0n) is 16.3. The van der Waals surface area contributed by atoms with Gasteiger partial charge >= 0.3 is 17.7 Å². The zero-order chi connectivity index (χ0) is 21.5. The Morgan fingerprint density at radius 3 is 2.50 bits per heavy atom. The number of carbonyl (C=O) groups excluding carboxylic acids is 3. The molecule has 0 bridgehead atoms. The summed E-state index contributed by atoms with van der Waals surface area (Å²) in [6, 6.07) is 13.0. The molecule has 1 amide bonds. The fourth-order valence-electron chi connectivity index (χ4n) is 2.75. The van der Waals surface area contributed by atoms with Crippen LogP contribution in [0.3, 0.4) is 0 Å². The van der Waals surface area contributed by atoms with E-state index in [4.69, 9.17) is 13.9 Å². The van der Waals surface area contributed by atoms with Crippen molar-refractivity contribution in [2.45, 2.75) is 19.9 Å². The van der Waals surface area contributed by atoms with Crippen LogP contribution in [0.15, 0.2) is 57.7 Å². The maximum atomic E-state index is 11.9. The Morgan fingerprint density at radius 2 is 1.77 bits per heavy atom. The largest absolute Gasteiger partial charge is 0.462 e. The summed E-state index contributed by atoms with van der Waals surface area (Å²) in [7, 11) is 0. The van der Waals surface area contributed by atoms with Crippen LogP contribution in [-0.2, 0) is 25.6 Å². The van der Waals surface area contributed by atoms with Crippen molar-refractivity contribution in [1.82, 2.24) is 4.57 Å². The Morgan fingerprint density at radius 1 is 1.03 bits per heavy atom. The first-order valence-electron chi connectivity index (χ1n) is 9.29. The van der Waals surface area contributed by atoms with Crippen LogP contribution in [0.5, 0.6) is 0 Å². The second-order valence-electron chi connectivity index (χ2n) is 6.24. The number of hydrogen-bond acceptors (Lipinski definition) is 7. The van der Waals surface area contributed by atoms with Gasteiger partial charge in [-0.2, -0.15) is 0 Å². The highest BCUT2D eigenvalue weighted by Gasteiger charge is 2.13. The molecule has 9 nitrogen and oxygen atoms in total. The minimum atomic E-state index is -0.625. The van der Waals surface area contributed by atoms with Crippen molar-refractivity contribution >= 4 is 34.6 Å². The molecule has 0 aliphatic rings. The number of fused-ring (bicyclic) bond motifs is 1. The summed E-state index contributed by atoms with van der Waals surface area (Å²) in [4.78, 5) is 47.3. The number of oxazole rings is 1. The Balaban J connectivity index is 1.46. The molecule has 0 radical (unpaired) electrons. The normalized spacial score (nSPS) is 10.6. The van der Waals surface area contributed by atoms with Crippen LogP contribution in [0.25, 0.3) is 11.1 Å². The molecule has 3 rings (SSSR count). The molecule has 1 N–H and O–H groups in total. The molecule has 156 valence electrons. The van der Waals surface area contributed by atoms with E-state index in [0.717, 1.165) is 0 Å². The third-order valence-electron chi connectivity index (χ3n) is 4.16. The van der Waals surface area contributed by atoms with Crippen molar-refractivity contribution in [2.24, 2.45) is 0 Å². The molecule has 3 aromatic rings. The van der Waals surface area contributed by atoms with Gasteiger partial charge in [0.1, 0.15) is 0 Å². The molecule has 30 heavy (non-hydrogen) atoms. The van der Waals surface area contributed by atoms with Crippen LogP contribution in [0, 0.1) is 0 Å². The van der Waals surface area contributed by atoms with Crippen LogP contribution in [-0.4, -0.2) is 35.6 Å². The molecule has 2 aromatic carbocycles. The third-order valence-corrected chi connectivity index (χ3v) is 4.16. The van der Waals surface area contributed by atoms with E-state index in [1.165, 1.54) is 16.7 Å². The highest BCUT2D eigenvalue weighted by atomic mass is 16.5. The number of rotatable bonds is 8. The van der Waals surface area contributed by atoms with Crippen molar-refractivity contribution in [3.05, 3.63) is 64.6 Å². The number of nitrogens with zero attached hydrogens (tertiary/aromatic N) is 1. The van der Waals surface area contributed by atoms with E-state index in [-0.39, 0.29) is 19.6 Å². The summed E-state index contributed by atoms with van der Waals surface area (Å²) in [6.45, 7) is 1.59. The first-order chi connectivity index (χ1) is 14.5. The van der Waals surface area contributed by atoms with Crippen LogP contribution in [0.1, 0.15) is 23.7 Å². The molecule has 0 fully saturated rings. The standard InChI is InChI=1S/C21H20N2O7/c1-2-28-20(26)14-7-9-15(10-8-14)22-18(24)13-29-19(25)11-12-23-16-5-3-4-6-17(16)30-21(23)27/h3-10H,2,11-13H2,1H3,(H,22,24). The lowest BCUT2D eigenvalue weighted by Crippen LogP contribution is -2.22. The maximum absolute atomic E-state index is 11.9. The number of aromatic nitrogens is 1. The van der Waals surface area contributed by atoms with Crippen molar-refractivity contribution in [3.8, 4) is 0 Å². The van der Waals surface area contributed by atoms with Crippen LogP contribution in [0.2, 0.25) is 0 Å². The summed E-state index contributed by atoms with van der Waals surface area (Å²) in [5, 5.41) is 2.56. The number of esters is 2. The SMILES string of the molecule is CCOC(=O)c1ccc(NC(=O)COC(=O)CCn2c(=O)oc3ccccc32)cc1. The number of nitrogens with one attached hydrogen (secondary N) is 1. The first kappa shape index (κ1) is 20.8. The van der Waals surface area contributed by atoms with E-state index in [1.807, 2.05) is 0 Å². The van der Waals surface area contributed by atoms with Crippen molar-refractivity contribution in [1.29, 1.82) is 0 Å². The van der Waals surface area contributed by atoms with Gasteiger partial charge in [0.15, 0.2) is 12.2 Å². The molecular weight excluding hydrogens is 392 g/mol. The van der Waals surface area contributed by atoms with Gasteiger partial charge in [0.05, 0.1) is 24.1 Å². The van der Waals surface area contributed by atoms with E-state index < -0.39 is 30.2 Å².